The summed E-state index contributed by atoms with van der Waals surface area (Å²) in [7, 11) is -4.04. The van der Waals surface area contributed by atoms with Crippen LogP contribution in [0.1, 0.15) is 5.56 Å². The van der Waals surface area contributed by atoms with E-state index >= 15 is 0 Å². The molecule has 0 spiro atoms. The Labute approximate surface area is 190 Å². The minimum atomic E-state index is -4.04. The molecule has 0 saturated heterocycles. The maximum atomic E-state index is 13.2. The van der Waals surface area contributed by atoms with Crippen LogP contribution in [0.5, 0.6) is 5.75 Å². The number of rotatable bonds is 7. The summed E-state index contributed by atoms with van der Waals surface area (Å²) in [4.78, 5) is 16.7. The highest BCUT2D eigenvalue weighted by Gasteiger charge is 2.27. The van der Waals surface area contributed by atoms with E-state index < -0.39 is 22.5 Å². The Bertz CT molecular complexity index is 1410. The summed E-state index contributed by atoms with van der Waals surface area (Å²) in [5.41, 5.74) is 2.77. The molecule has 0 aliphatic heterocycles. The highest BCUT2D eigenvalue weighted by Crippen LogP contribution is 2.25. The highest BCUT2D eigenvalue weighted by molar-refractivity contribution is 7.92. The van der Waals surface area contributed by atoms with Crippen molar-refractivity contribution in [1.29, 1.82) is 0 Å². The summed E-state index contributed by atoms with van der Waals surface area (Å²) < 4.78 is 27.3. The van der Waals surface area contributed by atoms with Crippen molar-refractivity contribution < 1.29 is 18.3 Å². The van der Waals surface area contributed by atoms with Gasteiger partial charge in [-0.2, -0.15) is 5.10 Å². The summed E-state index contributed by atoms with van der Waals surface area (Å²) in [6.07, 6.45) is 2.77. The van der Waals surface area contributed by atoms with Crippen LogP contribution in [0.15, 0.2) is 101 Å². The first-order valence-corrected chi connectivity index (χ1v) is 11.4. The normalized spacial score (nSPS) is 11.5. The molecule has 4 rings (SSSR count). The number of benzene rings is 3. The number of aromatic hydroxyl groups is 1. The van der Waals surface area contributed by atoms with Gasteiger partial charge in [0.1, 0.15) is 18.1 Å². The first kappa shape index (κ1) is 22.0. The Hall–Kier alpha value is -4.24. The fourth-order valence-corrected chi connectivity index (χ4v) is 4.66. The number of aromatic nitrogens is 1. The van der Waals surface area contributed by atoms with Crippen LogP contribution >= 0.6 is 0 Å². The molecular formula is C24H20N4O4S. The smallest absolute Gasteiger partial charge is 0.265 e. The molecule has 3 aromatic carbocycles. The van der Waals surface area contributed by atoms with E-state index in [0.717, 1.165) is 15.1 Å². The van der Waals surface area contributed by atoms with Crippen molar-refractivity contribution in [3.8, 4) is 5.75 Å². The molecule has 2 N–H and O–H groups in total. The van der Waals surface area contributed by atoms with Crippen molar-refractivity contribution in [3.63, 3.8) is 0 Å². The zero-order chi connectivity index (χ0) is 23.3. The lowest BCUT2D eigenvalue weighted by molar-refractivity contribution is -0.119. The van der Waals surface area contributed by atoms with Crippen LogP contribution < -0.4 is 9.73 Å². The first-order chi connectivity index (χ1) is 16.0. The molecule has 0 aliphatic rings. The third kappa shape index (κ3) is 4.83. The van der Waals surface area contributed by atoms with Gasteiger partial charge in [0, 0.05) is 11.8 Å². The second-order valence-electron chi connectivity index (χ2n) is 7.03. The summed E-state index contributed by atoms with van der Waals surface area (Å²) >= 11 is 0. The Morgan fingerprint density at radius 1 is 0.970 bits per heavy atom. The second-order valence-corrected chi connectivity index (χ2v) is 8.89. The highest BCUT2D eigenvalue weighted by atomic mass is 32.2. The minimum Gasteiger partial charge on any atom is -0.507 e. The number of hydrogen-bond donors (Lipinski definition) is 2. The molecule has 33 heavy (non-hydrogen) atoms. The van der Waals surface area contributed by atoms with Gasteiger partial charge in [-0.25, -0.2) is 23.1 Å². The lowest BCUT2D eigenvalue weighted by Crippen LogP contribution is -2.40. The number of anilines is 1. The van der Waals surface area contributed by atoms with Gasteiger partial charge in [-0.1, -0.05) is 54.6 Å². The summed E-state index contributed by atoms with van der Waals surface area (Å²) in [6, 6.07) is 23.3. The molecular weight excluding hydrogens is 440 g/mol. The van der Waals surface area contributed by atoms with Gasteiger partial charge in [0.2, 0.25) is 0 Å². The molecule has 1 amide bonds. The van der Waals surface area contributed by atoms with Crippen LogP contribution in [0, 0.1) is 0 Å². The fourth-order valence-electron chi connectivity index (χ4n) is 3.26. The van der Waals surface area contributed by atoms with Gasteiger partial charge in [0.15, 0.2) is 0 Å². The summed E-state index contributed by atoms with van der Waals surface area (Å²) in [6.45, 7) is -0.535. The Morgan fingerprint density at radius 3 is 2.45 bits per heavy atom. The lowest BCUT2D eigenvalue weighted by Gasteiger charge is -2.22. The zero-order valence-corrected chi connectivity index (χ0v) is 18.2. The van der Waals surface area contributed by atoms with Gasteiger partial charge < -0.3 is 5.11 Å². The van der Waals surface area contributed by atoms with Gasteiger partial charge in [-0.15, -0.1) is 0 Å². The Kier molecular flexibility index (Phi) is 6.32. The zero-order valence-electron chi connectivity index (χ0n) is 17.4. The number of phenols is 1. The average Bonchev–Trinajstić information content (AvgIpc) is 2.85. The number of carbonyl (C=O) groups is 1. The predicted octanol–water partition coefficient (Wildman–Crippen LogP) is 3.29. The van der Waals surface area contributed by atoms with Gasteiger partial charge in [0.05, 0.1) is 11.1 Å². The number of fused-ring (bicyclic) bond motifs is 1. The van der Waals surface area contributed by atoms with E-state index in [-0.39, 0.29) is 16.5 Å². The van der Waals surface area contributed by atoms with Crippen molar-refractivity contribution in [2.75, 3.05) is 10.8 Å². The molecule has 8 nitrogen and oxygen atoms in total. The number of hydrazone groups is 1. The number of carbonyl (C=O) groups excluding carboxylic acids is 1. The summed E-state index contributed by atoms with van der Waals surface area (Å²) in [5, 5.41) is 15.8. The van der Waals surface area contributed by atoms with Crippen molar-refractivity contribution in [3.05, 3.63) is 96.7 Å². The lowest BCUT2D eigenvalue weighted by atomic mass is 10.0. The Balaban J connectivity index is 1.57. The minimum absolute atomic E-state index is 0.00784. The van der Waals surface area contributed by atoms with E-state index in [1.54, 1.807) is 42.5 Å². The summed E-state index contributed by atoms with van der Waals surface area (Å²) in [5.74, 6) is -0.559. The van der Waals surface area contributed by atoms with Gasteiger partial charge >= 0.3 is 0 Å². The largest absolute Gasteiger partial charge is 0.507 e. The number of phenolic OH excluding ortho intramolecular Hbond substituents is 1. The average molecular weight is 461 g/mol. The number of amides is 1. The van der Waals surface area contributed by atoms with Crippen molar-refractivity contribution in [2.45, 2.75) is 4.90 Å². The van der Waals surface area contributed by atoms with Crippen LogP contribution in [0.25, 0.3) is 10.8 Å². The van der Waals surface area contributed by atoms with Crippen LogP contribution in [-0.4, -0.2) is 37.2 Å². The molecule has 9 heteroatoms. The van der Waals surface area contributed by atoms with E-state index in [2.05, 4.69) is 15.5 Å². The molecule has 0 fully saturated rings. The number of nitrogens with one attached hydrogen (secondary N) is 1. The molecule has 0 saturated carbocycles. The first-order valence-electron chi connectivity index (χ1n) is 9.98. The van der Waals surface area contributed by atoms with Gasteiger partial charge in [-0.3, -0.25) is 4.79 Å². The van der Waals surface area contributed by atoms with Crippen molar-refractivity contribution in [1.82, 2.24) is 10.4 Å². The maximum Gasteiger partial charge on any atom is 0.265 e. The van der Waals surface area contributed by atoms with E-state index in [0.29, 0.717) is 5.56 Å². The number of hydrogen-bond acceptors (Lipinski definition) is 6. The standard InChI is InChI=1S/C24H20N4O4S/c29-22-14-13-18-8-4-5-11-20(18)21(22)16-26-27-24(30)17-28(23-12-6-7-15-25-23)33(31,32)19-9-2-1-3-10-19/h1-16,29H,17H2,(H,27,30). The maximum absolute atomic E-state index is 13.2. The van der Waals surface area contributed by atoms with Crippen LogP contribution in [0.3, 0.4) is 0 Å². The van der Waals surface area contributed by atoms with Crippen LogP contribution in [0.4, 0.5) is 5.82 Å². The second kappa shape index (κ2) is 9.49. The van der Waals surface area contributed by atoms with Gasteiger partial charge in [-0.05, 0) is 41.1 Å². The molecule has 0 atom stereocenters. The molecule has 0 aliphatic carbocycles. The topological polar surface area (TPSA) is 112 Å². The number of nitrogens with zero attached hydrogens (tertiary/aromatic N) is 3. The predicted molar refractivity (Wildman–Crippen MR) is 127 cm³/mol. The van der Waals surface area contributed by atoms with Crippen molar-refractivity contribution >= 4 is 38.7 Å². The fraction of sp³-hybridized carbons (Fsp3) is 0.0417. The number of pyridine rings is 1. The van der Waals surface area contributed by atoms with Gasteiger partial charge in [0.25, 0.3) is 15.9 Å². The molecule has 166 valence electrons. The van der Waals surface area contributed by atoms with E-state index in [1.807, 2.05) is 24.3 Å². The molecule has 1 heterocycles. The third-order valence-corrected chi connectivity index (χ3v) is 6.62. The van der Waals surface area contributed by atoms with E-state index in [4.69, 9.17) is 0 Å². The third-order valence-electron chi connectivity index (χ3n) is 4.85. The monoisotopic (exact) mass is 460 g/mol. The van der Waals surface area contributed by atoms with E-state index in [9.17, 15) is 18.3 Å². The molecule has 0 radical (unpaired) electrons. The van der Waals surface area contributed by atoms with E-state index in [1.165, 1.54) is 30.6 Å². The van der Waals surface area contributed by atoms with Crippen molar-refractivity contribution in [2.24, 2.45) is 5.10 Å². The van der Waals surface area contributed by atoms with Crippen LogP contribution in [0.2, 0.25) is 0 Å². The molecule has 4 aromatic rings. The Morgan fingerprint density at radius 2 is 1.70 bits per heavy atom. The molecule has 0 unspecified atom stereocenters. The van der Waals surface area contributed by atoms with Crippen LogP contribution in [-0.2, 0) is 14.8 Å². The SMILES string of the molecule is O=C(CN(c1ccccn1)S(=O)(=O)c1ccccc1)NN=Cc1c(O)ccc2ccccc12. The molecule has 0 bridgehead atoms. The molecule has 1 aromatic heterocycles. The quantitative estimate of drug-likeness (QED) is 0.325. The number of sulfonamides is 1.